The third kappa shape index (κ3) is 3.60. The van der Waals surface area contributed by atoms with Gasteiger partial charge in [-0.1, -0.05) is 54.6 Å². The SMILES string of the molecule is CN(C)CCNC(=O)CCCc1ccc2ccc3cccc4ccc1c2c34. The van der Waals surface area contributed by atoms with Crippen LogP contribution in [0.4, 0.5) is 0 Å². The monoisotopic (exact) mass is 358 g/mol. The molecular weight excluding hydrogens is 332 g/mol. The van der Waals surface area contributed by atoms with Crippen molar-refractivity contribution >= 4 is 38.2 Å². The number of carbonyl (C=O) groups excluding carboxylic acids is 1. The van der Waals surface area contributed by atoms with Crippen LogP contribution in [0.1, 0.15) is 18.4 Å². The predicted octanol–water partition coefficient (Wildman–Crippen LogP) is 4.58. The molecule has 0 spiro atoms. The second kappa shape index (κ2) is 7.53. The Morgan fingerprint density at radius 1 is 0.889 bits per heavy atom. The maximum atomic E-state index is 12.0. The average Bonchev–Trinajstić information content (AvgIpc) is 2.66. The molecule has 3 nitrogen and oxygen atoms in total. The van der Waals surface area contributed by atoms with Crippen LogP contribution < -0.4 is 5.32 Å². The number of nitrogens with zero attached hydrogens (tertiary/aromatic N) is 1. The number of benzene rings is 4. The molecule has 0 radical (unpaired) electrons. The molecule has 4 aromatic carbocycles. The Hall–Kier alpha value is -2.65. The molecule has 138 valence electrons. The summed E-state index contributed by atoms with van der Waals surface area (Å²) in [4.78, 5) is 14.1. The van der Waals surface area contributed by atoms with Crippen molar-refractivity contribution in [3.63, 3.8) is 0 Å². The van der Waals surface area contributed by atoms with Gasteiger partial charge in [-0.15, -0.1) is 0 Å². The first kappa shape index (κ1) is 17.7. The Morgan fingerprint density at radius 3 is 2.30 bits per heavy atom. The quantitative estimate of drug-likeness (QED) is 0.490. The van der Waals surface area contributed by atoms with Crippen LogP contribution in [0.25, 0.3) is 32.3 Å². The number of hydrogen-bond acceptors (Lipinski definition) is 2. The molecule has 4 aromatic rings. The molecule has 0 saturated heterocycles. The normalized spacial score (nSPS) is 11.8. The minimum Gasteiger partial charge on any atom is -0.355 e. The topological polar surface area (TPSA) is 32.3 Å². The number of nitrogens with one attached hydrogen (secondary N) is 1. The fourth-order valence-corrected chi connectivity index (χ4v) is 3.96. The third-order valence-corrected chi connectivity index (χ3v) is 5.35. The first-order chi connectivity index (χ1) is 13.1. The molecule has 0 atom stereocenters. The van der Waals surface area contributed by atoms with E-state index in [4.69, 9.17) is 0 Å². The van der Waals surface area contributed by atoms with Crippen LogP contribution in [0.5, 0.6) is 0 Å². The number of rotatable bonds is 7. The summed E-state index contributed by atoms with van der Waals surface area (Å²) in [6.07, 6.45) is 2.38. The van der Waals surface area contributed by atoms with Crippen molar-refractivity contribution in [2.45, 2.75) is 19.3 Å². The minimum atomic E-state index is 0.148. The molecule has 4 rings (SSSR count). The van der Waals surface area contributed by atoms with Crippen LogP contribution in [-0.4, -0.2) is 38.0 Å². The average molecular weight is 358 g/mol. The summed E-state index contributed by atoms with van der Waals surface area (Å²) in [6, 6.07) is 19.8. The van der Waals surface area contributed by atoms with Gasteiger partial charge in [0.15, 0.2) is 0 Å². The Kier molecular flexibility index (Phi) is 4.95. The first-order valence-electron chi connectivity index (χ1n) is 9.70. The molecule has 0 aliphatic rings. The lowest BCUT2D eigenvalue weighted by atomic mass is 9.90. The van der Waals surface area contributed by atoms with Gasteiger partial charge in [-0.3, -0.25) is 4.79 Å². The largest absolute Gasteiger partial charge is 0.355 e. The highest BCUT2D eigenvalue weighted by atomic mass is 16.1. The summed E-state index contributed by atoms with van der Waals surface area (Å²) in [5, 5.41) is 10.9. The number of carbonyl (C=O) groups is 1. The Bertz CT molecular complexity index is 1070. The minimum absolute atomic E-state index is 0.148. The molecule has 0 fully saturated rings. The van der Waals surface area contributed by atoms with Gasteiger partial charge >= 0.3 is 0 Å². The van der Waals surface area contributed by atoms with Crippen molar-refractivity contribution in [2.75, 3.05) is 27.2 Å². The predicted molar refractivity (Wildman–Crippen MR) is 115 cm³/mol. The number of hydrogen-bond donors (Lipinski definition) is 1. The first-order valence-corrected chi connectivity index (χ1v) is 9.70. The van der Waals surface area contributed by atoms with Crippen molar-refractivity contribution in [3.8, 4) is 0 Å². The fraction of sp³-hybridized carbons (Fsp3) is 0.292. The lowest BCUT2D eigenvalue weighted by Gasteiger charge is -2.14. The van der Waals surface area contributed by atoms with Crippen molar-refractivity contribution in [1.29, 1.82) is 0 Å². The highest BCUT2D eigenvalue weighted by Crippen LogP contribution is 2.36. The lowest BCUT2D eigenvalue weighted by molar-refractivity contribution is -0.121. The van der Waals surface area contributed by atoms with E-state index in [9.17, 15) is 4.79 Å². The van der Waals surface area contributed by atoms with Gasteiger partial charge in [0.05, 0.1) is 0 Å². The Labute approximate surface area is 160 Å². The van der Waals surface area contributed by atoms with Gasteiger partial charge in [-0.25, -0.2) is 0 Å². The van der Waals surface area contributed by atoms with Crippen molar-refractivity contribution in [2.24, 2.45) is 0 Å². The van der Waals surface area contributed by atoms with Gasteiger partial charge in [0.2, 0.25) is 5.91 Å². The molecule has 0 aromatic heterocycles. The maximum absolute atomic E-state index is 12.0. The summed E-state index contributed by atoms with van der Waals surface area (Å²) in [6.45, 7) is 1.59. The zero-order chi connectivity index (χ0) is 18.8. The highest BCUT2D eigenvalue weighted by molar-refractivity contribution is 6.23. The third-order valence-electron chi connectivity index (χ3n) is 5.35. The molecular formula is C24H26N2O. The molecule has 3 heteroatoms. The van der Waals surface area contributed by atoms with E-state index in [2.05, 4.69) is 64.8 Å². The second-order valence-corrected chi connectivity index (χ2v) is 7.59. The number of amides is 1. The summed E-state index contributed by atoms with van der Waals surface area (Å²) in [5.74, 6) is 0.148. The molecule has 0 aliphatic heterocycles. The van der Waals surface area contributed by atoms with Crippen LogP contribution in [0.3, 0.4) is 0 Å². The van der Waals surface area contributed by atoms with Gasteiger partial charge in [-0.2, -0.15) is 0 Å². The summed E-state index contributed by atoms with van der Waals surface area (Å²) in [5.41, 5.74) is 1.34. The maximum Gasteiger partial charge on any atom is 0.220 e. The van der Waals surface area contributed by atoms with Gasteiger partial charge in [0.25, 0.3) is 0 Å². The van der Waals surface area contributed by atoms with Gasteiger partial charge in [0, 0.05) is 19.5 Å². The highest BCUT2D eigenvalue weighted by Gasteiger charge is 2.11. The van der Waals surface area contributed by atoms with Crippen molar-refractivity contribution in [3.05, 3.63) is 60.2 Å². The lowest BCUT2D eigenvalue weighted by Crippen LogP contribution is -2.31. The van der Waals surface area contributed by atoms with E-state index in [1.54, 1.807) is 0 Å². The molecule has 0 saturated carbocycles. The van der Waals surface area contributed by atoms with E-state index in [0.717, 1.165) is 19.4 Å². The smallest absolute Gasteiger partial charge is 0.220 e. The Balaban J connectivity index is 1.53. The molecule has 1 amide bonds. The van der Waals surface area contributed by atoms with Crippen molar-refractivity contribution in [1.82, 2.24) is 10.2 Å². The van der Waals surface area contributed by atoms with E-state index in [0.29, 0.717) is 13.0 Å². The van der Waals surface area contributed by atoms with Gasteiger partial charge < -0.3 is 10.2 Å². The van der Waals surface area contributed by atoms with Crippen LogP contribution in [0.2, 0.25) is 0 Å². The van der Waals surface area contributed by atoms with E-state index >= 15 is 0 Å². The summed E-state index contributed by atoms with van der Waals surface area (Å²) in [7, 11) is 4.03. The van der Waals surface area contributed by atoms with E-state index < -0.39 is 0 Å². The molecule has 1 N–H and O–H groups in total. The van der Waals surface area contributed by atoms with E-state index in [-0.39, 0.29) is 5.91 Å². The summed E-state index contributed by atoms with van der Waals surface area (Å²) < 4.78 is 0. The molecule has 0 aliphatic carbocycles. The Morgan fingerprint density at radius 2 is 1.56 bits per heavy atom. The van der Waals surface area contributed by atoms with E-state index in [1.807, 2.05) is 14.1 Å². The fourth-order valence-electron chi connectivity index (χ4n) is 3.96. The van der Waals surface area contributed by atoms with Crippen LogP contribution >= 0.6 is 0 Å². The van der Waals surface area contributed by atoms with Crippen LogP contribution in [0.15, 0.2) is 54.6 Å². The van der Waals surface area contributed by atoms with Gasteiger partial charge in [-0.05, 0) is 64.8 Å². The van der Waals surface area contributed by atoms with Gasteiger partial charge in [0.1, 0.15) is 0 Å². The van der Waals surface area contributed by atoms with Crippen LogP contribution in [-0.2, 0) is 11.2 Å². The molecule has 0 heterocycles. The second-order valence-electron chi connectivity index (χ2n) is 7.59. The number of aryl methyl sites for hydroxylation is 1. The number of likely N-dealkylation sites (N-methyl/N-ethyl adjacent to an activating group) is 1. The summed E-state index contributed by atoms with van der Waals surface area (Å²) >= 11 is 0. The van der Waals surface area contributed by atoms with E-state index in [1.165, 1.54) is 37.9 Å². The van der Waals surface area contributed by atoms with Crippen LogP contribution in [0, 0.1) is 0 Å². The molecule has 0 bridgehead atoms. The molecule has 27 heavy (non-hydrogen) atoms. The zero-order valence-corrected chi connectivity index (χ0v) is 16.1. The van der Waals surface area contributed by atoms with Crippen molar-refractivity contribution < 1.29 is 4.79 Å². The standard InChI is InChI=1S/C24H26N2O/c1-26(2)16-15-25-22(27)8-4-5-17-9-10-20-12-11-18-6-3-7-19-13-14-21(17)24(20)23(18)19/h3,6-7,9-14H,4-5,8,15-16H2,1-2H3,(H,25,27). The zero-order valence-electron chi connectivity index (χ0n) is 16.1. The molecule has 0 unspecified atom stereocenters.